The summed E-state index contributed by atoms with van der Waals surface area (Å²) in [5, 5.41) is 12.3. The van der Waals surface area contributed by atoms with Gasteiger partial charge in [-0.15, -0.1) is 0 Å². The third-order valence-corrected chi connectivity index (χ3v) is 4.12. The van der Waals surface area contributed by atoms with Gasteiger partial charge in [0, 0.05) is 6.54 Å². The second-order valence-electron chi connectivity index (χ2n) is 5.41. The van der Waals surface area contributed by atoms with E-state index in [-0.39, 0.29) is 17.4 Å². The van der Waals surface area contributed by atoms with Gasteiger partial charge in [0.15, 0.2) is 0 Å². The minimum absolute atomic E-state index is 0.0941. The molecular weight excluding hydrogens is 294 g/mol. The molecule has 1 aliphatic rings. The first kappa shape index (κ1) is 15.7. The fourth-order valence-corrected chi connectivity index (χ4v) is 2.81. The molecule has 0 aliphatic heterocycles. The highest BCUT2D eigenvalue weighted by atomic mass is 35.5. The lowest BCUT2D eigenvalue weighted by Gasteiger charge is -2.28. The van der Waals surface area contributed by atoms with Crippen molar-refractivity contribution in [3.63, 3.8) is 0 Å². The van der Waals surface area contributed by atoms with Crippen LogP contribution >= 0.6 is 11.6 Å². The van der Waals surface area contributed by atoms with E-state index < -0.39 is 17.3 Å². The summed E-state index contributed by atoms with van der Waals surface area (Å²) in [6.45, 7) is 0.107. The fourth-order valence-electron chi connectivity index (χ4n) is 2.66. The molecule has 1 aromatic heterocycles. The number of aromatic nitrogens is 2. The van der Waals surface area contributed by atoms with E-state index in [1.54, 1.807) is 0 Å². The highest BCUT2D eigenvalue weighted by Gasteiger charge is 2.39. The van der Waals surface area contributed by atoms with Crippen molar-refractivity contribution in [3.8, 4) is 0 Å². The molecule has 0 saturated heterocycles. The summed E-state index contributed by atoms with van der Waals surface area (Å²) in [6.07, 6.45) is 7.65. The van der Waals surface area contributed by atoms with Crippen LogP contribution in [0, 0.1) is 5.41 Å². The van der Waals surface area contributed by atoms with Crippen molar-refractivity contribution < 1.29 is 14.7 Å². The molecule has 1 saturated carbocycles. The van der Waals surface area contributed by atoms with Gasteiger partial charge in [-0.3, -0.25) is 14.6 Å². The van der Waals surface area contributed by atoms with Gasteiger partial charge in [-0.25, -0.2) is 4.98 Å². The number of carbonyl (C=O) groups excluding carboxylic acids is 1. The van der Waals surface area contributed by atoms with Crippen LogP contribution in [0.2, 0.25) is 5.15 Å². The number of carboxylic acid groups (broad SMARTS) is 1. The molecule has 6 nitrogen and oxygen atoms in total. The molecule has 1 heterocycles. The predicted molar refractivity (Wildman–Crippen MR) is 77.1 cm³/mol. The monoisotopic (exact) mass is 311 g/mol. The SMILES string of the molecule is O=C(NCC1(C(=O)O)CCCCCC1)c1cncc(Cl)n1. The Hall–Kier alpha value is -1.69. The lowest BCUT2D eigenvalue weighted by Crippen LogP contribution is -2.43. The van der Waals surface area contributed by atoms with Crippen molar-refractivity contribution in [2.75, 3.05) is 6.54 Å². The average molecular weight is 312 g/mol. The molecule has 0 radical (unpaired) electrons. The zero-order valence-electron chi connectivity index (χ0n) is 11.6. The quantitative estimate of drug-likeness (QED) is 0.832. The molecular formula is C14H18ClN3O3. The first-order chi connectivity index (χ1) is 10.0. The standard InChI is InChI=1S/C14H18ClN3O3/c15-11-8-16-7-10(18-11)12(19)17-9-14(13(20)21)5-3-1-2-4-6-14/h7-8H,1-6,9H2,(H,17,19)(H,20,21). The van der Waals surface area contributed by atoms with Gasteiger partial charge in [0.1, 0.15) is 10.8 Å². The number of aliphatic carboxylic acids is 1. The largest absolute Gasteiger partial charge is 0.481 e. The Labute approximate surface area is 127 Å². The number of carbonyl (C=O) groups is 2. The highest BCUT2D eigenvalue weighted by Crippen LogP contribution is 2.34. The molecule has 0 spiro atoms. The van der Waals surface area contributed by atoms with Crippen LogP contribution in [0.5, 0.6) is 0 Å². The Balaban J connectivity index is 2.04. The van der Waals surface area contributed by atoms with Gasteiger partial charge in [-0.05, 0) is 12.8 Å². The van der Waals surface area contributed by atoms with E-state index in [4.69, 9.17) is 11.6 Å². The summed E-state index contributed by atoms with van der Waals surface area (Å²) < 4.78 is 0. The molecule has 0 atom stereocenters. The van der Waals surface area contributed by atoms with Crippen molar-refractivity contribution in [2.45, 2.75) is 38.5 Å². The molecule has 7 heteroatoms. The average Bonchev–Trinajstić information content (AvgIpc) is 2.71. The van der Waals surface area contributed by atoms with Crippen molar-refractivity contribution in [1.29, 1.82) is 0 Å². The fraction of sp³-hybridized carbons (Fsp3) is 0.571. The number of nitrogens with one attached hydrogen (secondary N) is 1. The van der Waals surface area contributed by atoms with Crippen LogP contribution in [-0.4, -0.2) is 33.5 Å². The number of halogens is 1. The Morgan fingerprint density at radius 2 is 1.90 bits per heavy atom. The van der Waals surface area contributed by atoms with Crippen LogP contribution in [0.15, 0.2) is 12.4 Å². The molecule has 1 aliphatic carbocycles. The van der Waals surface area contributed by atoms with Crippen LogP contribution in [0.1, 0.15) is 49.0 Å². The summed E-state index contributed by atoms with van der Waals surface area (Å²) in [5.41, 5.74) is -0.783. The molecule has 0 aromatic carbocycles. The van der Waals surface area contributed by atoms with E-state index >= 15 is 0 Å². The second kappa shape index (κ2) is 6.85. The van der Waals surface area contributed by atoms with E-state index in [0.717, 1.165) is 25.7 Å². The first-order valence-electron chi connectivity index (χ1n) is 7.03. The van der Waals surface area contributed by atoms with Crippen LogP contribution in [0.3, 0.4) is 0 Å². The lowest BCUT2D eigenvalue weighted by atomic mass is 9.80. The Kier molecular flexibility index (Phi) is 5.12. The summed E-state index contributed by atoms with van der Waals surface area (Å²) in [6, 6.07) is 0. The topological polar surface area (TPSA) is 92.2 Å². The van der Waals surface area contributed by atoms with E-state index in [1.807, 2.05) is 0 Å². The van der Waals surface area contributed by atoms with Gasteiger partial charge in [-0.2, -0.15) is 0 Å². The smallest absolute Gasteiger partial charge is 0.311 e. The van der Waals surface area contributed by atoms with Crippen LogP contribution in [0.25, 0.3) is 0 Å². The third-order valence-electron chi connectivity index (χ3n) is 3.94. The van der Waals surface area contributed by atoms with Crippen molar-refractivity contribution in [3.05, 3.63) is 23.2 Å². The van der Waals surface area contributed by atoms with E-state index in [2.05, 4.69) is 15.3 Å². The summed E-state index contributed by atoms with van der Waals surface area (Å²) in [7, 11) is 0. The van der Waals surface area contributed by atoms with Crippen LogP contribution in [-0.2, 0) is 4.79 Å². The first-order valence-corrected chi connectivity index (χ1v) is 7.40. The molecule has 0 bridgehead atoms. The maximum atomic E-state index is 12.0. The van der Waals surface area contributed by atoms with E-state index in [0.29, 0.717) is 12.8 Å². The van der Waals surface area contributed by atoms with Gasteiger partial charge in [-0.1, -0.05) is 37.3 Å². The third kappa shape index (κ3) is 3.91. The molecule has 1 amide bonds. The predicted octanol–water partition coefficient (Wildman–Crippen LogP) is 2.28. The molecule has 2 N–H and O–H groups in total. The maximum Gasteiger partial charge on any atom is 0.311 e. The summed E-state index contributed by atoms with van der Waals surface area (Å²) in [4.78, 5) is 31.3. The van der Waals surface area contributed by atoms with E-state index in [9.17, 15) is 14.7 Å². The van der Waals surface area contributed by atoms with Crippen molar-refractivity contribution in [2.24, 2.45) is 5.41 Å². The van der Waals surface area contributed by atoms with Crippen molar-refractivity contribution in [1.82, 2.24) is 15.3 Å². The minimum atomic E-state index is -0.877. The Morgan fingerprint density at radius 3 is 2.48 bits per heavy atom. The number of hydrogen-bond acceptors (Lipinski definition) is 4. The van der Waals surface area contributed by atoms with Gasteiger partial charge in [0.2, 0.25) is 0 Å². The van der Waals surface area contributed by atoms with Gasteiger partial charge < -0.3 is 10.4 Å². The van der Waals surface area contributed by atoms with Crippen LogP contribution in [0.4, 0.5) is 0 Å². The highest BCUT2D eigenvalue weighted by molar-refractivity contribution is 6.29. The number of amides is 1. The van der Waals surface area contributed by atoms with Crippen molar-refractivity contribution >= 4 is 23.5 Å². The zero-order valence-corrected chi connectivity index (χ0v) is 12.4. The minimum Gasteiger partial charge on any atom is -0.481 e. The molecule has 21 heavy (non-hydrogen) atoms. The van der Waals surface area contributed by atoms with Gasteiger partial charge >= 0.3 is 5.97 Å². The molecule has 0 unspecified atom stereocenters. The Bertz CT molecular complexity index is 528. The second-order valence-corrected chi connectivity index (χ2v) is 5.80. The Morgan fingerprint density at radius 1 is 1.24 bits per heavy atom. The number of rotatable bonds is 4. The molecule has 2 rings (SSSR count). The lowest BCUT2D eigenvalue weighted by molar-refractivity contribution is -0.149. The maximum absolute atomic E-state index is 12.0. The normalized spacial score (nSPS) is 17.8. The number of nitrogens with zero attached hydrogens (tertiary/aromatic N) is 2. The van der Waals surface area contributed by atoms with E-state index in [1.165, 1.54) is 12.4 Å². The van der Waals surface area contributed by atoms with Gasteiger partial charge in [0.05, 0.1) is 17.8 Å². The number of carboxylic acids is 1. The molecule has 1 aromatic rings. The summed E-state index contributed by atoms with van der Waals surface area (Å²) >= 11 is 5.69. The number of hydrogen-bond donors (Lipinski definition) is 2. The zero-order chi connectivity index (χ0) is 15.3. The van der Waals surface area contributed by atoms with Gasteiger partial charge in [0.25, 0.3) is 5.91 Å². The molecule has 114 valence electrons. The van der Waals surface area contributed by atoms with Crippen LogP contribution < -0.4 is 5.32 Å². The summed E-state index contributed by atoms with van der Waals surface area (Å²) in [5.74, 6) is -1.29. The molecule has 1 fully saturated rings.